The van der Waals surface area contributed by atoms with Crippen molar-refractivity contribution in [2.75, 3.05) is 0 Å². The molecule has 0 nitrogen and oxygen atoms in total. The summed E-state index contributed by atoms with van der Waals surface area (Å²) >= 11 is 0. The minimum absolute atomic E-state index is 0.684. The van der Waals surface area contributed by atoms with Gasteiger partial charge in [-0.2, -0.15) is 0 Å². The van der Waals surface area contributed by atoms with Gasteiger partial charge in [0.15, 0.2) is 0 Å². The minimum Gasteiger partial charge on any atom is -0.0622 e. The topological polar surface area (TPSA) is 0 Å². The third-order valence-corrected chi connectivity index (χ3v) is 4.44. The van der Waals surface area contributed by atoms with Crippen LogP contribution in [0.5, 0.6) is 0 Å². The number of fused-ring (bicyclic) bond motifs is 1. The molecule has 0 bridgehead atoms. The summed E-state index contributed by atoms with van der Waals surface area (Å²) in [6, 6.07) is 0. The molecule has 0 N–H and O–H groups in total. The quantitative estimate of drug-likeness (QED) is 0.512. The van der Waals surface area contributed by atoms with Crippen LogP contribution in [-0.2, 0) is 0 Å². The maximum atomic E-state index is 2.47. The molecule has 0 heterocycles. The van der Waals surface area contributed by atoms with Crippen molar-refractivity contribution in [3.63, 3.8) is 0 Å². The van der Waals surface area contributed by atoms with E-state index in [-0.39, 0.29) is 0 Å². The van der Waals surface area contributed by atoms with Crippen molar-refractivity contribution in [1.29, 1.82) is 0 Å². The molecular weight excluding hydrogens is 144 g/mol. The Morgan fingerprint density at radius 1 is 1.08 bits per heavy atom. The van der Waals surface area contributed by atoms with E-state index < -0.39 is 0 Å². The molecule has 0 spiro atoms. The zero-order valence-electron chi connectivity index (χ0n) is 8.77. The van der Waals surface area contributed by atoms with Gasteiger partial charge in [-0.1, -0.05) is 40.0 Å². The summed E-state index contributed by atoms with van der Waals surface area (Å²) in [5.41, 5.74) is 0.684. The average molecular weight is 166 g/mol. The fraction of sp³-hybridized carbons (Fsp3) is 1.00. The van der Waals surface area contributed by atoms with Gasteiger partial charge in [-0.25, -0.2) is 0 Å². The lowest BCUT2D eigenvalue weighted by molar-refractivity contribution is -0.0406. The van der Waals surface area contributed by atoms with Crippen LogP contribution in [0.3, 0.4) is 0 Å². The van der Waals surface area contributed by atoms with E-state index in [0.717, 1.165) is 17.8 Å². The lowest BCUT2D eigenvalue weighted by Gasteiger charge is -2.53. The first-order valence-electron chi connectivity index (χ1n) is 5.61. The third kappa shape index (κ3) is 1.20. The molecule has 0 aromatic heterocycles. The van der Waals surface area contributed by atoms with Gasteiger partial charge in [0.1, 0.15) is 0 Å². The van der Waals surface area contributed by atoms with Gasteiger partial charge >= 0.3 is 0 Å². The van der Waals surface area contributed by atoms with Crippen LogP contribution in [0.2, 0.25) is 0 Å². The molecule has 2 rings (SSSR count). The molecule has 2 aliphatic carbocycles. The summed E-state index contributed by atoms with van der Waals surface area (Å²) < 4.78 is 0. The summed E-state index contributed by atoms with van der Waals surface area (Å²) in [7, 11) is 0. The standard InChI is InChI=1S/C12H22/c1-9-6-4-5-7-11-10(9)8-12(11,2)3/h9-11H,4-8H2,1-3H3. The molecule has 12 heavy (non-hydrogen) atoms. The van der Waals surface area contributed by atoms with Crippen LogP contribution in [0.4, 0.5) is 0 Å². The van der Waals surface area contributed by atoms with Crippen molar-refractivity contribution in [1.82, 2.24) is 0 Å². The molecule has 0 saturated heterocycles. The first kappa shape index (κ1) is 8.59. The van der Waals surface area contributed by atoms with Crippen molar-refractivity contribution < 1.29 is 0 Å². The van der Waals surface area contributed by atoms with Crippen molar-refractivity contribution in [3.8, 4) is 0 Å². The fourth-order valence-corrected chi connectivity index (χ4v) is 3.57. The molecule has 0 heteroatoms. The first-order chi connectivity index (χ1) is 5.61. The monoisotopic (exact) mass is 166 g/mol. The van der Waals surface area contributed by atoms with E-state index in [0.29, 0.717) is 5.41 Å². The van der Waals surface area contributed by atoms with E-state index in [2.05, 4.69) is 20.8 Å². The van der Waals surface area contributed by atoms with Crippen LogP contribution < -0.4 is 0 Å². The van der Waals surface area contributed by atoms with E-state index in [1.165, 1.54) is 32.1 Å². The molecule has 0 radical (unpaired) electrons. The van der Waals surface area contributed by atoms with E-state index in [1.54, 1.807) is 0 Å². The lowest BCUT2D eigenvalue weighted by Crippen LogP contribution is -2.45. The Hall–Kier alpha value is 0. The molecule has 0 aromatic carbocycles. The number of rotatable bonds is 0. The van der Waals surface area contributed by atoms with Crippen LogP contribution >= 0.6 is 0 Å². The molecule has 70 valence electrons. The summed E-state index contributed by atoms with van der Waals surface area (Å²) in [5.74, 6) is 3.17. The lowest BCUT2D eigenvalue weighted by atomic mass is 9.52. The van der Waals surface area contributed by atoms with Crippen molar-refractivity contribution in [2.24, 2.45) is 23.2 Å². The normalized spacial score (nSPS) is 45.8. The molecular formula is C12H22. The first-order valence-corrected chi connectivity index (χ1v) is 5.61. The van der Waals surface area contributed by atoms with Gasteiger partial charge in [0.2, 0.25) is 0 Å². The minimum atomic E-state index is 0.684. The van der Waals surface area contributed by atoms with Crippen LogP contribution in [-0.4, -0.2) is 0 Å². The highest BCUT2D eigenvalue weighted by atomic mass is 14.5. The van der Waals surface area contributed by atoms with Gasteiger partial charge in [-0.05, 0) is 36.0 Å². The molecule has 0 aromatic rings. The van der Waals surface area contributed by atoms with Crippen LogP contribution in [0.15, 0.2) is 0 Å². The molecule has 0 aliphatic heterocycles. The Bertz CT molecular complexity index is 169. The van der Waals surface area contributed by atoms with Crippen LogP contribution in [0, 0.1) is 23.2 Å². The Kier molecular flexibility index (Phi) is 1.97. The SMILES string of the molecule is CC1CCCCC2C1CC2(C)C. The molecule has 0 amide bonds. The second-order valence-electron chi connectivity index (χ2n) is 5.72. The summed E-state index contributed by atoms with van der Waals surface area (Å²) in [6.45, 7) is 7.40. The average Bonchev–Trinajstić information content (AvgIpc) is 2.12. The second kappa shape index (κ2) is 2.75. The second-order valence-corrected chi connectivity index (χ2v) is 5.72. The number of hydrogen-bond donors (Lipinski definition) is 0. The molecule has 3 atom stereocenters. The van der Waals surface area contributed by atoms with Crippen LogP contribution in [0.25, 0.3) is 0 Å². The van der Waals surface area contributed by atoms with Gasteiger partial charge in [0.05, 0.1) is 0 Å². The van der Waals surface area contributed by atoms with E-state index in [9.17, 15) is 0 Å². The largest absolute Gasteiger partial charge is 0.0622 e. The zero-order valence-corrected chi connectivity index (χ0v) is 8.77. The Labute approximate surface area is 76.7 Å². The van der Waals surface area contributed by atoms with Gasteiger partial charge in [0, 0.05) is 0 Å². The van der Waals surface area contributed by atoms with E-state index in [1.807, 2.05) is 0 Å². The summed E-state index contributed by atoms with van der Waals surface area (Å²) in [6.07, 6.45) is 7.50. The molecule has 3 unspecified atom stereocenters. The van der Waals surface area contributed by atoms with E-state index in [4.69, 9.17) is 0 Å². The Balaban J connectivity index is 2.06. The maximum absolute atomic E-state index is 2.47. The fourth-order valence-electron chi connectivity index (χ4n) is 3.57. The molecule has 2 fully saturated rings. The predicted molar refractivity (Wildman–Crippen MR) is 53.0 cm³/mol. The Morgan fingerprint density at radius 2 is 1.75 bits per heavy atom. The zero-order chi connectivity index (χ0) is 8.77. The smallest absolute Gasteiger partial charge is 0.0320 e. The third-order valence-electron chi connectivity index (χ3n) is 4.44. The molecule has 2 saturated carbocycles. The van der Waals surface area contributed by atoms with Gasteiger partial charge in [-0.3, -0.25) is 0 Å². The van der Waals surface area contributed by atoms with Crippen molar-refractivity contribution in [3.05, 3.63) is 0 Å². The summed E-state index contributed by atoms with van der Waals surface area (Å²) in [4.78, 5) is 0. The highest BCUT2D eigenvalue weighted by molar-refractivity contribution is 4.98. The van der Waals surface area contributed by atoms with Crippen LogP contribution in [0.1, 0.15) is 52.9 Å². The van der Waals surface area contributed by atoms with Crippen molar-refractivity contribution in [2.45, 2.75) is 52.9 Å². The van der Waals surface area contributed by atoms with Gasteiger partial charge < -0.3 is 0 Å². The summed E-state index contributed by atoms with van der Waals surface area (Å²) in [5, 5.41) is 0. The van der Waals surface area contributed by atoms with Gasteiger partial charge in [0.25, 0.3) is 0 Å². The highest BCUT2D eigenvalue weighted by Crippen LogP contribution is 2.57. The van der Waals surface area contributed by atoms with Gasteiger partial charge in [-0.15, -0.1) is 0 Å². The Morgan fingerprint density at radius 3 is 2.42 bits per heavy atom. The number of hydrogen-bond acceptors (Lipinski definition) is 0. The van der Waals surface area contributed by atoms with E-state index >= 15 is 0 Å². The predicted octanol–water partition coefficient (Wildman–Crippen LogP) is 3.86. The van der Waals surface area contributed by atoms with Crippen molar-refractivity contribution >= 4 is 0 Å². The maximum Gasteiger partial charge on any atom is -0.0320 e. The molecule has 2 aliphatic rings. The highest BCUT2D eigenvalue weighted by Gasteiger charge is 2.48.